The summed E-state index contributed by atoms with van der Waals surface area (Å²) >= 11 is 0. The van der Waals surface area contributed by atoms with Crippen molar-refractivity contribution < 1.29 is 14.5 Å². The van der Waals surface area contributed by atoms with Crippen LogP contribution in [-0.4, -0.2) is 36.4 Å². The zero-order chi connectivity index (χ0) is 13.1. The highest BCUT2D eigenvalue weighted by atomic mass is 16.4. The Balaban J connectivity index is 3.35. The first-order chi connectivity index (χ1) is 7.98. The molecular weight excluding hydrogens is 216 g/mol. The summed E-state index contributed by atoms with van der Waals surface area (Å²) in [4.78, 5) is 10.5. The molecule has 0 aromatic carbocycles. The van der Waals surface area contributed by atoms with Crippen LogP contribution in [0, 0.1) is 0 Å². The monoisotopic (exact) mass is 245 g/mol. The Labute approximate surface area is 106 Å². The number of carboxylic acid groups (broad SMARTS) is 1. The SMILES string of the molecule is CCCCCCCCCC[N+](C)(C)NC(=O)O. The number of hydrogen-bond acceptors (Lipinski definition) is 1. The third-order valence-corrected chi connectivity index (χ3v) is 2.97. The van der Waals surface area contributed by atoms with Crippen molar-refractivity contribution in [3.63, 3.8) is 0 Å². The second-order valence-corrected chi connectivity index (χ2v) is 5.30. The molecule has 2 N–H and O–H groups in total. The highest BCUT2D eigenvalue weighted by Crippen LogP contribution is 2.09. The van der Waals surface area contributed by atoms with Crippen LogP contribution in [0.4, 0.5) is 4.79 Å². The van der Waals surface area contributed by atoms with E-state index in [1.807, 2.05) is 14.1 Å². The van der Waals surface area contributed by atoms with E-state index in [4.69, 9.17) is 5.11 Å². The van der Waals surface area contributed by atoms with Gasteiger partial charge in [-0.2, -0.15) is 5.43 Å². The average molecular weight is 245 g/mol. The van der Waals surface area contributed by atoms with Crippen LogP contribution in [0.5, 0.6) is 0 Å². The number of carbonyl (C=O) groups is 1. The molecule has 102 valence electrons. The van der Waals surface area contributed by atoms with Crippen molar-refractivity contribution >= 4 is 6.09 Å². The number of rotatable bonds is 10. The Kier molecular flexibility index (Phi) is 8.86. The van der Waals surface area contributed by atoms with Gasteiger partial charge in [-0.1, -0.05) is 45.4 Å². The minimum Gasteiger partial charge on any atom is -0.462 e. The van der Waals surface area contributed by atoms with E-state index < -0.39 is 6.09 Å². The van der Waals surface area contributed by atoms with Gasteiger partial charge in [0, 0.05) is 0 Å². The topological polar surface area (TPSA) is 49.3 Å². The maximum absolute atomic E-state index is 10.5. The molecule has 0 saturated heterocycles. The van der Waals surface area contributed by atoms with Crippen molar-refractivity contribution in [2.45, 2.75) is 58.3 Å². The Morgan fingerprint density at radius 2 is 1.47 bits per heavy atom. The lowest BCUT2D eigenvalue weighted by Crippen LogP contribution is -2.54. The molecule has 4 heteroatoms. The van der Waals surface area contributed by atoms with Gasteiger partial charge in [-0.15, -0.1) is 0 Å². The predicted molar refractivity (Wildman–Crippen MR) is 70.7 cm³/mol. The molecule has 0 aliphatic rings. The van der Waals surface area contributed by atoms with Crippen LogP contribution in [0.15, 0.2) is 0 Å². The van der Waals surface area contributed by atoms with Crippen molar-refractivity contribution in [2.75, 3.05) is 20.6 Å². The second-order valence-electron chi connectivity index (χ2n) is 5.30. The van der Waals surface area contributed by atoms with Gasteiger partial charge in [0.1, 0.15) is 6.54 Å². The normalized spacial score (nSPS) is 11.5. The largest absolute Gasteiger partial charge is 0.462 e. The molecule has 0 aromatic heterocycles. The van der Waals surface area contributed by atoms with E-state index >= 15 is 0 Å². The van der Waals surface area contributed by atoms with Crippen LogP contribution >= 0.6 is 0 Å². The fraction of sp³-hybridized carbons (Fsp3) is 0.923. The highest BCUT2D eigenvalue weighted by Gasteiger charge is 2.17. The molecule has 0 aliphatic carbocycles. The van der Waals surface area contributed by atoms with Gasteiger partial charge in [-0.3, -0.25) is 0 Å². The second kappa shape index (κ2) is 9.28. The van der Waals surface area contributed by atoms with Gasteiger partial charge in [-0.05, 0) is 12.8 Å². The minimum atomic E-state index is -0.949. The number of quaternary nitrogens is 1. The number of nitrogens with one attached hydrogen (secondary N) is 1. The summed E-state index contributed by atoms with van der Waals surface area (Å²) in [6.07, 6.45) is 9.29. The first kappa shape index (κ1) is 16.2. The molecule has 0 rings (SSSR count). The fourth-order valence-electron chi connectivity index (χ4n) is 1.96. The number of hydrogen-bond donors (Lipinski definition) is 2. The lowest BCUT2D eigenvalue weighted by Gasteiger charge is -2.27. The van der Waals surface area contributed by atoms with Gasteiger partial charge >= 0.3 is 6.09 Å². The van der Waals surface area contributed by atoms with Gasteiger partial charge in [0.15, 0.2) is 0 Å². The van der Waals surface area contributed by atoms with E-state index in [0.717, 1.165) is 13.0 Å². The maximum Gasteiger partial charge on any atom is 0.449 e. The molecule has 0 atom stereocenters. The van der Waals surface area contributed by atoms with Gasteiger partial charge in [-0.25, -0.2) is 9.39 Å². The van der Waals surface area contributed by atoms with Crippen LogP contribution in [0.25, 0.3) is 0 Å². The van der Waals surface area contributed by atoms with E-state index in [1.165, 1.54) is 44.9 Å². The third kappa shape index (κ3) is 11.5. The summed E-state index contributed by atoms with van der Waals surface area (Å²) in [5, 5.41) is 8.65. The van der Waals surface area contributed by atoms with E-state index in [2.05, 4.69) is 12.3 Å². The van der Waals surface area contributed by atoms with Crippen LogP contribution in [0.3, 0.4) is 0 Å². The van der Waals surface area contributed by atoms with Crippen molar-refractivity contribution in [3.8, 4) is 0 Å². The van der Waals surface area contributed by atoms with E-state index in [-0.39, 0.29) is 0 Å². The smallest absolute Gasteiger partial charge is 0.449 e. The standard InChI is InChI=1S/C13H28N2O2/c1-4-5-6-7-8-9-10-11-12-15(2,3)14-13(16)17/h14H,4-12H2,1-3H3/p+1. The summed E-state index contributed by atoms with van der Waals surface area (Å²) in [6, 6.07) is 0. The first-order valence-electron chi connectivity index (χ1n) is 6.82. The highest BCUT2D eigenvalue weighted by molar-refractivity contribution is 5.62. The molecule has 0 fully saturated rings. The van der Waals surface area contributed by atoms with Crippen molar-refractivity contribution in [1.82, 2.24) is 5.43 Å². The average Bonchev–Trinajstić information content (AvgIpc) is 2.20. The van der Waals surface area contributed by atoms with Gasteiger partial charge in [0.2, 0.25) is 0 Å². The molecule has 0 spiro atoms. The molecule has 0 heterocycles. The zero-order valence-electron chi connectivity index (χ0n) is 11.7. The Bertz CT molecular complexity index is 206. The molecule has 0 unspecified atom stereocenters. The lowest BCUT2D eigenvalue weighted by molar-refractivity contribution is -0.925. The molecule has 4 nitrogen and oxygen atoms in total. The molecule has 0 aromatic rings. The van der Waals surface area contributed by atoms with Crippen LogP contribution in [-0.2, 0) is 0 Å². The van der Waals surface area contributed by atoms with Crippen LogP contribution in [0.2, 0.25) is 0 Å². The van der Waals surface area contributed by atoms with Crippen molar-refractivity contribution in [1.29, 1.82) is 0 Å². The fourth-order valence-corrected chi connectivity index (χ4v) is 1.96. The summed E-state index contributed by atoms with van der Waals surface area (Å²) in [5.74, 6) is 0. The van der Waals surface area contributed by atoms with E-state index in [9.17, 15) is 4.79 Å². The van der Waals surface area contributed by atoms with Crippen LogP contribution < -0.4 is 5.43 Å². The van der Waals surface area contributed by atoms with Crippen LogP contribution in [0.1, 0.15) is 58.3 Å². The third-order valence-electron chi connectivity index (χ3n) is 2.97. The Morgan fingerprint density at radius 3 is 1.94 bits per heavy atom. The van der Waals surface area contributed by atoms with E-state index in [1.54, 1.807) is 0 Å². The summed E-state index contributed by atoms with van der Waals surface area (Å²) in [5.41, 5.74) is 2.49. The molecule has 0 aliphatic heterocycles. The Hall–Kier alpha value is -0.770. The molecule has 17 heavy (non-hydrogen) atoms. The molecular formula is C13H29N2O2+. The molecule has 0 saturated carbocycles. The predicted octanol–water partition coefficient (Wildman–Crippen LogP) is 3.39. The number of amides is 1. The summed E-state index contributed by atoms with van der Waals surface area (Å²) in [7, 11) is 3.77. The van der Waals surface area contributed by atoms with Gasteiger partial charge < -0.3 is 5.11 Å². The van der Waals surface area contributed by atoms with Crippen molar-refractivity contribution in [2.24, 2.45) is 0 Å². The summed E-state index contributed by atoms with van der Waals surface area (Å²) in [6.45, 7) is 3.09. The zero-order valence-corrected chi connectivity index (χ0v) is 11.7. The quantitative estimate of drug-likeness (QED) is 0.352. The number of unbranched alkanes of at least 4 members (excludes halogenated alkanes) is 7. The maximum atomic E-state index is 10.5. The molecule has 0 radical (unpaired) electrons. The van der Waals surface area contributed by atoms with Crippen molar-refractivity contribution in [3.05, 3.63) is 0 Å². The van der Waals surface area contributed by atoms with E-state index in [0.29, 0.717) is 4.59 Å². The summed E-state index contributed by atoms with van der Waals surface area (Å²) < 4.78 is 0.352. The van der Waals surface area contributed by atoms with Gasteiger partial charge in [0.05, 0.1) is 14.1 Å². The molecule has 1 amide bonds. The lowest BCUT2D eigenvalue weighted by atomic mass is 10.1. The Morgan fingerprint density at radius 1 is 1.00 bits per heavy atom. The first-order valence-corrected chi connectivity index (χ1v) is 6.82. The minimum absolute atomic E-state index is 0.352. The molecule has 0 bridgehead atoms. The number of nitrogens with zero attached hydrogens (tertiary/aromatic N) is 1. The van der Waals surface area contributed by atoms with Gasteiger partial charge in [0.25, 0.3) is 0 Å².